The van der Waals surface area contributed by atoms with Crippen LogP contribution in [0.3, 0.4) is 0 Å². The highest BCUT2D eigenvalue weighted by Gasteiger charge is 2.21. The number of amides is 1. The van der Waals surface area contributed by atoms with Crippen molar-refractivity contribution in [3.63, 3.8) is 0 Å². The number of hydrogen-bond donors (Lipinski definition) is 2. The Morgan fingerprint density at radius 2 is 2.26 bits per heavy atom. The van der Waals surface area contributed by atoms with Crippen LogP contribution in [0.2, 0.25) is 5.02 Å². The molecule has 1 aromatic rings. The summed E-state index contributed by atoms with van der Waals surface area (Å²) in [4.78, 5) is 11.9. The number of nitrogens with one attached hydrogen (secondary N) is 1. The summed E-state index contributed by atoms with van der Waals surface area (Å²) in [6, 6.07) is 3.72. The lowest BCUT2D eigenvalue weighted by molar-refractivity contribution is 0.0874. The second-order valence-electron chi connectivity index (χ2n) is 5.02. The number of aliphatic hydroxyl groups is 1. The molecule has 0 bridgehead atoms. The van der Waals surface area contributed by atoms with E-state index in [1.54, 1.807) is 0 Å². The largest absolute Gasteiger partial charge is 0.393 e. The number of aliphatic hydroxyl groups excluding tert-OH is 1. The molecule has 0 aliphatic heterocycles. The molecular formula is C14H17ClFNO2. The van der Waals surface area contributed by atoms with Crippen LogP contribution in [0.15, 0.2) is 18.2 Å². The van der Waals surface area contributed by atoms with E-state index < -0.39 is 5.82 Å². The summed E-state index contributed by atoms with van der Waals surface area (Å²) >= 11 is 5.83. The predicted octanol–water partition coefficient (Wildman–Crippen LogP) is 2.76. The van der Waals surface area contributed by atoms with Crippen LogP contribution in [-0.2, 0) is 0 Å². The fourth-order valence-electron chi connectivity index (χ4n) is 2.45. The monoisotopic (exact) mass is 285 g/mol. The van der Waals surface area contributed by atoms with Gasteiger partial charge in [-0.05, 0) is 43.4 Å². The Labute approximate surface area is 116 Å². The Morgan fingerprint density at radius 3 is 2.95 bits per heavy atom. The molecule has 2 unspecified atom stereocenters. The molecule has 1 amide bonds. The third-order valence-corrected chi connectivity index (χ3v) is 3.79. The first-order valence-electron chi connectivity index (χ1n) is 6.47. The number of carbonyl (C=O) groups excluding carboxylic acids is 1. The maximum absolute atomic E-state index is 12.9. The standard InChI is InChI=1S/C14H17ClFNO2/c15-13-7-10(16)4-5-12(13)14(19)17-8-9-2-1-3-11(18)6-9/h4-5,7,9,11,18H,1-3,6,8H2,(H,17,19). The molecule has 0 spiro atoms. The van der Waals surface area contributed by atoms with Gasteiger partial charge in [-0.15, -0.1) is 0 Å². The summed E-state index contributed by atoms with van der Waals surface area (Å²) in [5.74, 6) is -0.464. The molecule has 5 heteroatoms. The van der Waals surface area contributed by atoms with E-state index in [1.807, 2.05) is 0 Å². The zero-order valence-electron chi connectivity index (χ0n) is 10.5. The van der Waals surface area contributed by atoms with Crippen molar-refractivity contribution in [1.82, 2.24) is 5.32 Å². The number of halogens is 2. The van der Waals surface area contributed by atoms with Crippen LogP contribution in [0.1, 0.15) is 36.0 Å². The van der Waals surface area contributed by atoms with Crippen molar-refractivity contribution in [3.8, 4) is 0 Å². The highest BCUT2D eigenvalue weighted by molar-refractivity contribution is 6.33. The van der Waals surface area contributed by atoms with Crippen LogP contribution in [0, 0.1) is 11.7 Å². The van der Waals surface area contributed by atoms with Crippen molar-refractivity contribution in [3.05, 3.63) is 34.6 Å². The van der Waals surface area contributed by atoms with Crippen molar-refractivity contribution in [2.24, 2.45) is 5.92 Å². The SMILES string of the molecule is O=C(NCC1CCCC(O)C1)c1ccc(F)cc1Cl. The summed E-state index contributed by atoms with van der Waals surface area (Å²) in [5.41, 5.74) is 0.277. The first kappa shape index (κ1) is 14.3. The van der Waals surface area contributed by atoms with E-state index in [-0.39, 0.29) is 22.6 Å². The summed E-state index contributed by atoms with van der Waals surface area (Å²) in [5, 5.41) is 12.5. The Hall–Kier alpha value is -1.13. The molecule has 1 aliphatic rings. The van der Waals surface area contributed by atoms with Crippen molar-refractivity contribution >= 4 is 17.5 Å². The summed E-state index contributed by atoms with van der Waals surface area (Å²) in [7, 11) is 0. The van der Waals surface area contributed by atoms with Crippen LogP contribution < -0.4 is 5.32 Å². The molecule has 19 heavy (non-hydrogen) atoms. The van der Waals surface area contributed by atoms with Gasteiger partial charge in [-0.25, -0.2) is 4.39 Å². The van der Waals surface area contributed by atoms with E-state index in [2.05, 4.69) is 5.32 Å². The molecule has 0 saturated heterocycles. The van der Waals surface area contributed by atoms with Crippen LogP contribution in [0.25, 0.3) is 0 Å². The van der Waals surface area contributed by atoms with Gasteiger partial charge in [-0.1, -0.05) is 18.0 Å². The molecule has 104 valence electrons. The van der Waals surface area contributed by atoms with Crippen LogP contribution >= 0.6 is 11.6 Å². The Kier molecular flexibility index (Phi) is 4.77. The van der Waals surface area contributed by atoms with Gasteiger partial charge in [0.25, 0.3) is 5.91 Å². The van der Waals surface area contributed by atoms with Crippen LogP contribution in [0.5, 0.6) is 0 Å². The predicted molar refractivity (Wildman–Crippen MR) is 71.7 cm³/mol. The van der Waals surface area contributed by atoms with Gasteiger partial charge in [0.2, 0.25) is 0 Å². The Balaban J connectivity index is 1.90. The maximum atomic E-state index is 12.9. The molecule has 1 aromatic carbocycles. The average Bonchev–Trinajstić information content (AvgIpc) is 2.36. The number of benzene rings is 1. The molecule has 3 nitrogen and oxygen atoms in total. The minimum Gasteiger partial charge on any atom is -0.393 e. The molecular weight excluding hydrogens is 269 g/mol. The lowest BCUT2D eigenvalue weighted by Gasteiger charge is -2.25. The molecule has 1 fully saturated rings. The first-order valence-corrected chi connectivity index (χ1v) is 6.85. The summed E-state index contributed by atoms with van der Waals surface area (Å²) < 4.78 is 12.9. The van der Waals surface area contributed by atoms with E-state index in [0.717, 1.165) is 31.7 Å². The van der Waals surface area contributed by atoms with Crippen molar-refractivity contribution in [2.75, 3.05) is 6.54 Å². The third kappa shape index (κ3) is 3.91. The van der Waals surface area contributed by atoms with Crippen molar-refractivity contribution < 1.29 is 14.3 Å². The summed E-state index contributed by atoms with van der Waals surface area (Å²) in [6.45, 7) is 0.517. The van der Waals surface area contributed by atoms with Crippen LogP contribution in [-0.4, -0.2) is 23.7 Å². The van der Waals surface area contributed by atoms with E-state index >= 15 is 0 Å². The van der Waals surface area contributed by atoms with Gasteiger partial charge in [-0.2, -0.15) is 0 Å². The zero-order valence-corrected chi connectivity index (χ0v) is 11.3. The molecule has 0 radical (unpaired) electrons. The molecule has 1 aliphatic carbocycles. The van der Waals surface area contributed by atoms with E-state index in [4.69, 9.17) is 11.6 Å². The maximum Gasteiger partial charge on any atom is 0.252 e. The second-order valence-corrected chi connectivity index (χ2v) is 5.43. The molecule has 2 atom stereocenters. The zero-order chi connectivity index (χ0) is 13.8. The first-order chi connectivity index (χ1) is 9.06. The number of hydrogen-bond acceptors (Lipinski definition) is 2. The van der Waals surface area contributed by atoms with Crippen molar-refractivity contribution in [1.29, 1.82) is 0 Å². The van der Waals surface area contributed by atoms with Gasteiger partial charge in [0.1, 0.15) is 5.82 Å². The normalized spacial score (nSPS) is 23.1. The molecule has 2 rings (SSSR count). The topological polar surface area (TPSA) is 49.3 Å². The second kappa shape index (κ2) is 6.35. The Morgan fingerprint density at radius 1 is 1.47 bits per heavy atom. The van der Waals surface area contributed by atoms with Gasteiger partial charge in [0.05, 0.1) is 16.7 Å². The highest BCUT2D eigenvalue weighted by atomic mass is 35.5. The molecule has 2 N–H and O–H groups in total. The lowest BCUT2D eigenvalue weighted by Crippen LogP contribution is -2.33. The van der Waals surface area contributed by atoms with Crippen molar-refractivity contribution in [2.45, 2.75) is 31.8 Å². The minimum absolute atomic E-state index is 0.112. The number of rotatable bonds is 3. The molecule has 1 saturated carbocycles. The quantitative estimate of drug-likeness (QED) is 0.897. The third-order valence-electron chi connectivity index (χ3n) is 3.48. The Bertz CT molecular complexity index is 467. The number of carbonyl (C=O) groups is 1. The van der Waals surface area contributed by atoms with Gasteiger partial charge < -0.3 is 10.4 Å². The van der Waals surface area contributed by atoms with Gasteiger partial charge >= 0.3 is 0 Å². The van der Waals surface area contributed by atoms with Gasteiger partial charge in [0.15, 0.2) is 0 Å². The fourth-order valence-corrected chi connectivity index (χ4v) is 2.71. The smallest absolute Gasteiger partial charge is 0.252 e. The van der Waals surface area contributed by atoms with E-state index in [9.17, 15) is 14.3 Å². The van der Waals surface area contributed by atoms with Gasteiger partial charge in [0, 0.05) is 6.54 Å². The molecule has 0 aromatic heterocycles. The molecule has 0 heterocycles. The summed E-state index contributed by atoms with van der Waals surface area (Å²) in [6.07, 6.45) is 3.30. The van der Waals surface area contributed by atoms with E-state index in [0.29, 0.717) is 12.5 Å². The minimum atomic E-state index is -0.461. The van der Waals surface area contributed by atoms with Gasteiger partial charge in [-0.3, -0.25) is 4.79 Å². The lowest BCUT2D eigenvalue weighted by atomic mass is 9.87. The van der Waals surface area contributed by atoms with Crippen LogP contribution in [0.4, 0.5) is 4.39 Å². The highest BCUT2D eigenvalue weighted by Crippen LogP contribution is 2.24. The average molecular weight is 286 g/mol. The van der Waals surface area contributed by atoms with E-state index in [1.165, 1.54) is 12.1 Å². The fraction of sp³-hybridized carbons (Fsp3) is 0.500.